The predicted octanol–water partition coefficient (Wildman–Crippen LogP) is 1.21. The SMILES string of the molecule is COc1ccccc1C(O)CNC(=O)c1coc(CN)c1. The Hall–Kier alpha value is -2.31. The van der Waals surface area contributed by atoms with E-state index >= 15 is 0 Å². The van der Waals surface area contributed by atoms with E-state index in [0.29, 0.717) is 22.6 Å². The molecule has 1 amide bonds. The molecule has 2 rings (SSSR count). The third kappa shape index (κ3) is 3.62. The number of nitrogens with one attached hydrogen (secondary N) is 1. The molecule has 6 nitrogen and oxygen atoms in total. The highest BCUT2D eigenvalue weighted by Crippen LogP contribution is 2.24. The van der Waals surface area contributed by atoms with E-state index in [2.05, 4.69) is 5.32 Å². The Morgan fingerprint density at radius 2 is 2.24 bits per heavy atom. The van der Waals surface area contributed by atoms with Crippen molar-refractivity contribution in [2.75, 3.05) is 13.7 Å². The van der Waals surface area contributed by atoms with E-state index in [1.165, 1.54) is 13.4 Å². The van der Waals surface area contributed by atoms with Gasteiger partial charge in [0.2, 0.25) is 0 Å². The first-order chi connectivity index (χ1) is 10.2. The van der Waals surface area contributed by atoms with E-state index in [9.17, 15) is 9.90 Å². The zero-order valence-corrected chi connectivity index (χ0v) is 11.7. The lowest BCUT2D eigenvalue weighted by atomic mass is 10.1. The quantitative estimate of drug-likeness (QED) is 0.743. The van der Waals surface area contributed by atoms with Crippen LogP contribution in [-0.4, -0.2) is 24.7 Å². The van der Waals surface area contributed by atoms with Crippen LogP contribution in [0.2, 0.25) is 0 Å². The maximum atomic E-state index is 11.9. The maximum absolute atomic E-state index is 11.9. The summed E-state index contributed by atoms with van der Waals surface area (Å²) in [5.41, 5.74) is 6.41. The number of aliphatic hydroxyl groups excluding tert-OH is 1. The third-order valence-corrected chi connectivity index (χ3v) is 3.07. The highest BCUT2D eigenvalue weighted by atomic mass is 16.5. The van der Waals surface area contributed by atoms with Crippen molar-refractivity contribution < 1.29 is 19.1 Å². The zero-order valence-electron chi connectivity index (χ0n) is 11.7. The molecule has 0 saturated heterocycles. The van der Waals surface area contributed by atoms with Crippen LogP contribution in [0.1, 0.15) is 27.8 Å². The summed E-state index contributed by atoms with van der Waals surface area (Å²) >= 11 is 0. The Morgan fingerprint density at radius 1 is 1.48 bits per heavy atom. The van der Waals surface area contributed by atoms with Crippen LogP contribution in [0.25, 0.3) is 0 Å². The van der Waals surface area contributed by atoms with Gasteiger partial charge in [0.25, 0.3) is 5.91 Å². The predicted molar refractivity (Wildman–Crippen MR) is 76.9 cm³/mol. The number of hydrogen-bond donors (Lipinski definition) is 3. The second-order valence-corrected chi connectivity index (χ2v) is 4.47. The van der Waals surface area contributed by atoms with Crippen LogP contribution >= 0.6 is 0 Å². The number of carbonyl (C=O) groups is 1. The number of furan rings is 1. The fourth-order valence-corrected chi connectivity index (χ4v) is 1.95. The van der Waals surface area contributed by atoms with E-state index in [1.54, 1.807) is 24.3 Å². The number of aliphatic hydroxyl groups is 1. The molecule has 0 saturated carbocycles. The average Bonchev–Trinajstić information content (AvgIpc) is 3.01. The van der Waals surface area contributed by atoms with Crippen LogP contribution in [-0.2, 0) is 6.54 Å². The molecule has 0 fully saturated rings. The summed E-state index contributed by atoms with van der Waals surface area (Å²) in [6.07, 6.45) is 0.485. The molecule has 0 aliphatic heterocycles. The molecule has 1 aromatic carbocycles. The van der Waals surface area contributed by atoms with Gasteiger partial charge < -0.3 is 25.3 Å². The van der Waals surface area contributed by atoms with Crippen molar-refractivity contribution in [2.45, 2.75) is 12.6 Å². The van der Waals surface area contributed by atoms with Gasteiger partial charge in [-0.25, -0.2) is 0 Å². The Labute approximate surface area is 122 Å². The molecule has 0 aliphatic rings. The summed E-state index contributed by atoms with van der Waals surface area (Å²) in [6.45, 7) is 0.305. The number of para-hydroxylation sites is 1. The van der Waals surface area contributed by atoms with Crippen LogP contribution in [0.4, 0.5) is 0 Å². The second-order valence-electron chi connectivity index (χ2n) is 4.47. The number of carbonyl (C=O) groups excluding carboxylic acids is 1. The molecule has 2 aromatic rings. The largest absolute Gasteiger partial charge is 0.496 e. The zero-order chi connectivity index (χ0) is 15.2. The van der Waals surface area contributed by atoms with Crippen LogP contribution < -0.4 is 15.8 Å². The van der Waals surface area contributed by atoms with E-state index in [-0.39, 0.29) is 19.0 Å². The number of amides is 1. The summed E-state index contributed by atoms with van der Waals surface area (Å²) in [4.78, 5) is 11.9. The highest BCUT2D eigenvalue weighted by Gasteiger charge is 2.15. The van der Waals surface area contributed by atoms with Crippen LogP contribution in [0.3, 0.4) is 0 Å². The van der Waals surface area contributed by atoms with E-state index < -0.39 is 6.10 Å². The number of hydrogen-bond acceptors (Lipinski definition) is 5. The lowest BCUT2D eigenvalue weighted by molar-refractivity contribution is 0.0914. The van der Waals surface area contributed by atoms with Crippen LogP contribution in [0.15, 0.2) is 41.0 Å². The van der Waals surface area contributed by atoms with Gasteiger partial charge in [-0.3, -0.25) is 4.79 Å². The number of nitrogens with two attached hydrogens (primary N) is 1. The van der Waals surface area contributed by atoms with Crippen molar-refractivity contribution in [1.29, 1.82) is 0 Å². The summed E-state index contributed by atoms with van der Waals surface area (Å²) < 4.78 is 10.3. The van der Waals surface area contributed by atoms with Crippen molar-refractivity contribution in [2.24, 2.45) is 5.73 Å². The second kappa shape index (κ2) is 6.92. The van der Waals surface area contributed by atoms with Gasteiger partial charge in [0, 0.05) is 12.1 Å². The smallest absolute Gasteiger partial charge is 0.254 e. The average molecular weight is 290 g/mol. The van der Waals surface area contributed by atoms with Gasteiger partial charge in [0.05, 0.1) is 25.3 Å². The van der Waals surface area contributed by atoms with E-state index in [1.807, 2.05) is 6.07 Å². The molecular formula is C15H18N2O4. The molecule has 0 spiro atoms. The first kappa shape index (κ1) is 15.1. The van der Waals surface area contributed by atoms with Crippen molar-refractivity contribution in [3.63, 3.8) is 0 Å². The maximum Gasteiger partial charge on any atom is 0.254 e. The Kier molecular flexibility index (Phi) is 4.97. The van der Waals surface area contributed by atoms with Crippen molar-refractivity contribution in [1.82, 2.24) is 5.32 Å². The third-order valence-electron chi connectivity index (χ3n) is 3.07. The minimum atomic E-state index is -0.856. The Bertz CT molecular complexity index is 609. The fourth-order valence-electron chi connectivity index (χ4n) is 1.95. The standard InChI is InChI=1S/C15H18N2O4/c1-20-14-5-3-2-4-12(14)13(18)8-17-15(19)10-6-11(7-16)21-9-10/h2-6,9,13,18H,7-8,16H2,1H3,(H,17,19). The van der Waals surface area contributed by atoms with Gasteiger partial charge in [-0.15, -0.1) is 0 Å². The summed E-state index contributed by atoms with van der Waals surface area (Å²) in [6, 6.07) is 8.69. The van der Waals surface area contributed by atoms with Gasteiger partial charge in [0.15, 0.2) is 0 Å². The molecule has 1 unspecified atom stereocenters. The van der Waals surface area contributed by atoms with Crippen LogP contribution in [0, 0.1) is 0 Å². The van der Waals surface area contributed by atoms with E-state index in [0.717, 1.165) is 0 Å². The van der Waals surface area contributed by atoms with Crippen molar-refractivity contribution in [3.8, 4) is 5.75 Å². The summed E-state index contributed by atoms with van der Waals surface area (Å²) in [5.74, 6) is 0.783. The van der Waals surface area contributed by atoms with Gasteiger partial charge in [0.1, 0.15) is 17.8 Å². The number of ether oxygens (including phenoxy) is 1. The van der Waals surface area contributed by atoms with Crippen LogP contribution in [0.5, 0.6) is 5.75 Å². The molecule has 0 aliphatic carbocycles. The van der Waals surface area contributed by atoms with Gasteiger partial charge >= 0.3 is 0 Å². The molecular weight excluding hydrogens is 272 g/mol. The normalized spacial score (nSPS) is 12.0. The molecule has 6 heteroatoms. The number of rotatable bonds is 6. The fraction of sp³-hybridized carbons (Fsp3) is 0.267. The molecule has 1 heterocycles. The first-order valence-corrected chi connectivity index (χ1v) is 6.52. The first-order valence-electron chi connectivity index (χ1n) is 6.52. The Balaban J connectivity index is 1.97. The molecule has 112 valence electrons. The van der Waals surface area contributed by atoms with Crippen molar-refractivity contribution >= 4 is 5.91 Å². The Morgan fingerprint density at radius 3 is 2.90 bits per heavy atom. The molecule has 1 atom stereocenters. The highest BCUT2D eigenvalue weighted by molar-refractivity contribution is 5.93. The lowest BCUT2D eigenvalue weighted by Gasteiger charge is -2.15. The van der Waals surface area contributed by atoms with Crippen molar-refractivity contribution in [3.05, 3.63) is 53.5 Å². The molecule has 0 bridgehead atoms. The topological polar surface area (TPSA) is 97.7 Å². The molecule has 0 radical (unpaired) electrons. The summed E-state index contributed by atoms with van der Waals surface area (Å²) in [5, 5.41) is 12.8. The molecule has 4 N–H and O–H groups in total. The number of benzene rings is 1. The van der Waals surface area contributed by atoms with E-state index in [4.69, 9.17) is 14.9 Å². The lowest BCUT2D eigenvalue weighted by Crippen LogP contribution is -2.28. The monoisotopic (exact) mass is 290 g/mol. The summed E-state index contributed by atoms with van der Waals surface area (Å²) in [7, 11) is 1.53. The van der Waals surface area contributed by atoms with Gasteiger partial charge in [-0.05, 0) is 12.1 Å². The minimum absolute atomic E-state index is 0.0718. The molecule has 1 aromatic heterocycles. The van der Waals surface area contributed by atoms with Gasteiger partial charge in [-0.1, -0.05) is 18.2 Å². The molecule has 21 heavy (non-hydrogen) atoms. The van der Waals surface area contributed by atoms with Gasteiger partial charge in [-0.2, -0.15) is 0 Å². The number of methoxy groups -OCH3 is 1. The minimum Gasteiger partial charge on any atom is -0.496 e.